The fraction of sp³-hybridized carbons (Fsp3) is 0.364. The number of methoxy groups -OCH3 is 3. The highest BCUT2D eigenvalue weighted by molar-refractivity contribution is 7.98. The Morgan fingerprint density at radius 2 is 1.94 bits per heavy atom. The minimum absolute atomic E-state index is 0.193. The summed E-state index contributed by atoms with van der Waals surface area (Å²) in [5.41, 5.74) is 6.27. The van der Waals surface area contributed by atoms with Gasteiger partial charge >= 0.3 is 5.97 Å². The molecule has 0 saturated heterocycles. The van der Waals surface area contributed by atoms with E-state index in [0.717, 1.165) is 4.90 Å². The van der Waals surface area contributed by atoms with Gasteiger partial charge in [0.05, 0.1) is 31.9 Å². The lowest BCUT2D eigenvalue weighted by Crippen LogP contribution is -2.10. The molecule has 0 spiro atoms. The maximum atomic E-state index is 11.7. The first-order valence-electron chi connectivity index (χ1n) is 4.77. The van der Waals surface area contributed by atoms with Crippen LogP contribution in [0.4, 0.5) is 5.69 Å². The van der Waals surface area contributed by atoms with Crippen LogP contribution in [-0.4, -0.2) is 33.6 Å². The van der Waals surface area contributed by atoms with Crippen LogP contribution in [0.1, 0.15) is 10.4 Å². The second-order valence-corrected chi connectivity index (χ2v) is 3.94. The SMILES string of the molecule is COC(=O)c1c(N)c(OC)cc(SC)c1OC. The molecule has 0 aromatic heterocycles. The molecule has 1 rings (SSSR count). The van der Waals surface area contributed by atoms with Crippen LogP contribution in [0.2, 0.25) is 0 Å². The summed E-state index contributed by atoms with van der Waals surface area (Å²) in [5.74, 6) is 0.284. The van der Waals surface area contributed by atoms with Gasteiger partial charge in [-0.15, -0.1) is 11.8 Å². The zero-order valence-electron chi connectivity index (χ0n) is 10.2. The van der Waals surface area contributed by atoms with Crippen molar-refractivity contribution in [3.63, 3.8) is 0 Å². The zero-order valence-corrected chi connectivity index (χ0v) is 11.0. The van der Waals surface area contributed by atoms with E-state index in [4.69, 9.17) is 19.9 Å². The fourth-order valence-corrected chi connectivity index (χ4v) is 2.05. The summed E-state index contributed by atoms with van der Waals surface area (Å²) < 4.78 is 15.0. The monoisotopic (exact) mass is 257 g/mol. The lowest BCUT2D eigenvalue weighted by atomic mass is 10.1. The van der Waals surface area contributed by atoms with Crippen molar-refractivity contribution in [1.29, 1.82) is 0 Å². The number of carbonyl (C=O) groups is 1. The van der Waals surface area contributed by atoms with Gasteiger partial charge in [-0.1, -0.05) is 0 Å². The molecule has 2 N–H and O–H groups in total. The molecule has 0 bridgehead atoms. The van der Waals surface area contributed by atoms with Crippen LogP contribution >= 0.6 is 11.8 Å². The first-order chi connectivity index (χ1) is 8.10. The van der Waals surface area contributed by atoms with Crippen molar-refractivity contribution in [2.24, 2.45) is 0 Å². The number of nitrogens with two attached hydrogens (primary N) is 1. The number of hydrogen-bond donors (Lipinski definition) is 1. The smallest absolute Gasteiger partial charge is 0.343 e. The molecule has 0 heterocycles. The standard InChI is InChI=1S/C11H15NO4S/c1-14-6-5-7(17-4)10(15-2)8(9(6)12)11(13)16-3/h5H,12H2,1-4H3. The third-order valence-corrected chi connectivity index (χ3v) is 3.02. The Labute approximate surface area is 104 Å². The molecule has 1 aromatic carbocycles. The molecule has 94 valence electrons. The maximum absolute atomic E-state index is 11.7. The lowest BCUT2D eigenvalue weighted by Gasteiger charge is -2.16. The molecule has 0 atom stereocenters. The number of benzene rings is 1. The van der Waals surface area contributed by atoms with Crippen molar-refractivity contribution in [3.8, 4) is 11.5 Å². The quantitative estimate of drug-likeness (QED) is 0.504. The topological polar surface area (TPSA) is 70.8 Å². The largest absolute Gasteiger partial charge is 0.495 e. The van der Waals surface area contributed by atoms with Crippen LogP contribution in [0.25, 0.3) is 0 Å². The average Bonchev–Trinajstić information content (AvgIpc) is 2.36. The van der Waals surface area contributed by atoms with Crippen LogP contribution in [0.3, 0.4) is 0 Å². The normalized spacial score (nSPS) is 9.88. The minimum Gasteiger partial charge on any atom is -0.495 e. The molecule has 0 saturated carbocycles. The first kappa shape index (κ1) is 13.5. The molecule has 0 aliphatic carbocycles. The Kier molecular flexibility index (Phi) is 4.51. The number of esters is 1. The second kappa shape index (κ2) is 5.67. The number of ether oxygens (including phenoxy) is 3. The molecule has 0 aliphatic heterocycles. The maximum Gasteiger partial charge on any atom is 0.343 e. The fourth-order valence-electron chi connectivity index (χ4n) is 1.46. The lowest BCUT2D eigenvalue weighted by molar-refractivity contribution is 0.0597. The van der Waals surface area contributed by atoms with E-state index in [-0.39, 0.29) is 11.3 Å². The second-order valence-electron chi connectivity index (χ2n) is 3.09. The summed E-state index contributed by atoms with van der Waals surface area (Å²) in [6, 6.07) is 1.73. The molecule has 17 heavy (non-hydrogen) atoms. The van der Waals surface area contributed by atoms with E-state index in [1.165, 1.54) is 33.1 Å². The Hall–Kier alpha value is -1.56. The molecular formula is C11H15NO4S. The van der Waals surface area contributed by atoms with E-state index in [2.05, 4.69) is 0 Å². The highest BCUT2D eigenvalue weighted by Gasteiger charge is 2.23. The van der Waals surface area contributed by atoms with E-state index in [9.17, 15) is 4.79 Å². The van der Waals surface area contributed by atoms with Gasteiger partial charge in [-0.2, -0.15) is 0 Å². The molecular weight excluding hydrogens is 242 g/mol. The first-order valence-corrected chi connectivity index (χ1v) is 5.99. The van der Waals surface area contributed by atoms with Gasteiger partial charge < -0.3 is 19.9 Å². The van der Waals surface area contributed by atoms with Gasteiger partial charge in [0.15, 0.2) is 0 Å². The van der Waals surface area contributed by atoms with E-state index >= 15 is 0 Å². The highest BCUT2D eigenvalue weighted by atomic mass is 32.2. The van der Waals surface area contributed by atoms with Crippen molar-refractivity contribution < 1.29 is 19.0 Å². The van der Waals surface area contributed by atoms with Crippen LogP contribution in [0, 0.1) is 0 Å². The third kappa shape index (κ3) is 2.41. The van der Waals surface area contributed by atoms with Crippen molar-refractivity contribution in [1.82, 2.24) is 0 Å². The summed E-state index contributed by atoms with van der Waals surface area (Å²) in [7, 11) is 4.26. The number of rotatable bonds is 4. The molecule has 6 heteroatoms. The molecule has 0 radical (unpaired) electrons. The van der Waals surface area contributed by atoms with Crippen LogP contribution < -0.4 is 15.2 Å². The van der Waals surface area contributed by atoms with Crippen molar-refractivity contribution in [3.05, 3.63) is 11.6 Å². The van der Waals surface area contributed by atoms with E-state index < -0.39 is 5.97 Å². The van der Waals surface area contributed by atoms with E-state index in [1.807, 2.05) is 6.26 Å². The molecule has 0 amide bonds. The van der Waals surface area contributed by atoms with Gasteiger partial charge in [-0.25, -0.2) is 4.79 Å². The van der Waals surface area contributed by atoms with E-state index in [0.29, 0.717) is 11.5 Å². The van der Waals surface area contributed by atoms with Crippen LogP contribution in [0.5, 0.6) is 11.5 Å². The average molecular weight is 257 g/mol. The van der Waals surface area contributed by atoms with Gasteiger partial charge in [0, 0.05) is 0 Å². The van der Waals surface area contributed by atoms with Crippen LogP contribution in [0.15, 0.2) is 11.0 Å². The summed E-state index contributed by atoms with van der Waals surface area (Å²) >= 11 is 1.43. The Bertz CT molecular complexity index is 434. The van der Waals surface area contributed by atoms with Crippen molar-refractivity contribution in [2.45, 2.75) is 4.90 Å². The van der Waals surface area contributed by atoms with Crippen molar-refractivity contribution in [2.75, 3.05) is 33.3 Å². The van der Waals surface area contributed by atoms with Crippen LogP contribution in [-0.2, 0) is 4.74 Å². The van der Waals surface area contributed by atoms with Gasteiger partial charge in [-0.3, -0.25) is 0 Å². The number of carbonyl (C=O) groups excluding carboxylic acids is 1. The molecule has 1 aromatic rings. The van der Waals surface area contributed by atoms with Gasteiger partial charge in [-0.05, 0) is 12.3 Å². The summed E-state index contributed by atoms with van der Waals surface area (Å²) in [6.45, 7) is 0. The van der Waals surface area contributed by atoms with Gasteiger partial charge in [0.25, 0.3) is 0 Å². The van der Waals surface area contributed by atoms with E-state index in [1.54, 1.807) is 6.07 Å². The third-order valence-electron chi connectivity index (χ3n) is 2.28. The number of thioether (sulfide) groups is 1. The molecule has 0 unspecified atom stereocenters. The number of hydrogen-bond acceptors (Lipinski definition) is 6. The predicted molar refractivity (Wildman–Crippen MR) is 67.1 cm³/mol. The Balaban J connectivity index is 3.55. The number of nitrogen functional groups attached to an aromatic ring is 1. The number of anilines is 1. The summed E-state index contributed by atoms with van der Waals surface area (Å²) in [4.78, 5) is 12.5. The minimum atomic E-state index is -0.548. The molecule has 0 aliphatic rings. The highest BCUT2D eigenvalue weighted by Crippen LogP contribution is 2.40. The summed E-state index contributed by atoms with van der Waals surface area (Å²) in [5, 5.41) is 0. The van der Waals surface area contributed by atoms with Crippen molar-refractivity contribution >= 4 is 23.4 Å². The molecule has 5 nitrogen and oxygen atoms in total. The Morgan fingerprint density at radius 3 is 2.35 bits per heavy atom. The summed E-state index contributed by atoms with van der Waals surface area (Å²) in [6.07, 6.45) is 1.87. The zero-order chi connectivity index (χ0) is 13.0. The molecule has 0 fully saturated rings. The predicted octanol–water partition coefficient (Wildman–Crippen LogP) is 1.79. The Morgan fingerprint density at radius 1 is 1.29 bits per heavy atom. The van der Waals surface area contributed by atoms with Gasteiger partial charge in [0.2, 0.25) is 0 Å². The van der Waals surface area contributed by atoms with Gasteiger partial charge in [0.1, 0.15) is 17.1 Å².